The number of carbonyl (C=O) groups excluding carboxylic acids is 4. The standard InChI is InChI=1S/C23H26N4O7S/c28-20(11-10-16-6-2-1-3-7-16)24-13-12-19(21(29)25-32)26-35(33,34)15-14-27-22(30)17-8-4-5-9-18(17)23(27)31/h1-9,19,26,32H,10-15H2,(H,24,28)(H,25,29)/t19-/m0/s1. The van der Waals surface area contributed by atoms with Gasteiger partial charge < -0.3 is 5.32 Å². The van der Waals surface area contributed by atoms with E-state index in [1.807, 2.05) is 30.3 Å². The van der Waals surface area contributed by atoms with Crippen molar-refractivity contribution in [3.8, 4) is 0 Å². The maximum Gasteiger partial charge on any atom is 0.261 e. The molecular formula is C23H26N4O7S. The molecule has 1 heterocycles. The number of imide groups is 1. The van der Waals surface area contributed by atoms with Crippen LogP contribution in [0.3, 0.4) is 0 Å². The van der Waals surface area contributed by atoms with Gasteiger partial charge in [0.05, 0.1) is 16.9 Å². The van der Waals surface area contributed by atoms with Crippen LogP contribution in [-0.2, 0) is 26.0 Å². The van der Waals surface area contributed by atoms with E-state index >= 15 is 0 Å². The van der Waals surface area contributed by atoms with E-state index in [1.54, 1.807) is 12.1 Å². The summed E-state index contributed by atoms with van der Waals surface area (Å²) in [6, 6.07) is 14.2. The number of nitrogens with one attached hydrogen (secondary N) is 3. The number of sulfonamides is 1. The molecular weight excluding hydrogens is 476 g/mol. The fraction of sp³-hybridized carbons (Fsp3) is 0.304. The predicted octanol–water partition coefficient (Wildman–Crippen LogP) is 0.215. The van der Waals surface area contributed by atoms with Gasteiger partial charge in [-0.2, -0.15) is 0 Å². The van der Waals surface area contributed by atoms with Crippen LogP contribution in [0.1, 0.15) is 39.1 Å². The van der Waals surface area contributed by atoms with E-state index in [9.17, 15) is 27.6 Å². The second-order valence-electron chi connectivity index (χ2n) is 7.90. The lowest BCUT2D eigenvalue weighted by Gasteiger charge is -2.19. The SMILES string of the molecule is O=C(CCc1ccccc1)NCC[C@H](NS(=O)(=O)CCN1C(=O)c2ccccc2C1=O)C(=O)NO. The third kappa shape index (κ3) is 6.94. The van der Waals surface area contributed by atoms with Gasteiger partial charge in [0.25, 0.3) is 17.7 Å². The summed E-state index contributed by atoms with van der Waals surface area (Å²) in [4.78, 5) is 49.7. The van der Waals surface area contributed by atoms with Gasteiger partial charge in [0.1, 0.15) is 6.04 Å². The number of rotatable bonds is 12. The molecule has 2 aromatic rings. The summed E-state index contributed by atoms with van der Waals surface area (Å²) in [5, 5.41) is 11.6. The second-order valence-corrected chi connectivity index (χ2v) is 9.77. The molecule has 1 atom stereocenters. The first-order chi connectivity index (χ1) is 16.7. The second kappa shape index (κ2) is 11.7. The van der Waals surface area contributed by atoms with Gasteiger partial charge in [-0.15, -0.1) is 0 Å². The van der Waals surface area contributed by atoms with Gasteiger partial charge in [-0.3, -0.25) is 29.3 Å². The van der Waals surface area contributed by atoms with Crippen molar-refractivity contribution >= 4 is 33.7 Å². The van der Waals surface area contributed by atoms with Gasteiger partial charge in [-0.1, -0.05) is 42.5 Å². The number of benzene rings is 2. The topological polar surface area (TPSA) is 162 Å². The first-order valence-corrected chi connectivity index (χ1v) is 12.6. The Bertz CT molecular complexity index is 1170. The van der Waals surface area contributed by atoms with Crippen molar-refractivity contribution in [2.75, 3.05) is 18.8 Å². The normalized spacial score (nSPS) is 13.9. The summed E-state index contributed by atoms with van der Waals surface area (Å²) < 4.78 is 27.3. The zero-order valence-electron chi connectivity index (χ0n) is 18.8. The smallest absolute Gasteiger partial charge is 0.261 e. The molecule has 0 saturated carbocycles. The maximum atomic E-state index is 12.6. The lowest BCUT2D eigenvalue weighted by atomic mass is 10.1. The molecule has 0 aliphatic carbocycles. The van der Waals surface area contributed by atoms with Crippen molar-refractivity contribution in [3.05, 3.63) is 71.3 Å². The Morgan fingerprint density at radius 1 is 0.943 bits per heavy atom. The minimum atomic E-state index is -4.14. The van der Waals surface area contributed by atoms with Gasteiger partial charge in [-0.05, 0) is 30.5 Å². The highest BCUT2D eigenvalue weighted by atomic mass is 32.2. The molecule has 0 bridgehead atoms. The Kier molecular flexibility index (Phi) is 8.68. The first-order valence-electron chi connectivity index (χ1n) is 10.9. The summed E-state index contributed by atoms with van der Waals surface area (Å²) in [5.41, 5.74) is 2.79. The quantitative estimate of drug-likeness (QED) is 0.183. The summed E-state index contributed by atoms with van der Waals surface area (Å²) >= 11 is 0. The maximum absolute atomic E-state index is 12.6. The van der Waals surface area contributed by atoms with Crippen LogP contribution in [0.25, 0.3) is 0 Å². The van der Waals surface area contributed by atoms with E-state index < -0.39 is 46.1 Å². The molecule has 1 aliphatic rings. The van der Waals surface area contributed by atoms with Crippen molar-refractivity contribution in [1.29, 1.82) is 0 Å². The van der Waals surface area contributed by atoms with Crippen LogP contribution in [0.15, 0.2) is 54.6 Å². The molecule has 35 heavy (non-hydrogen) atoms. The Labute approximate surface area is 202 Å². The van der Waals surface area contributed by atoms with E-state index in [-0.39, 0.29) is 36.4 Å². The van der Waals surface area contributed by atoms with Crippen LogP contribution in [0.5, 0.6) is 0 Å². The molecule has 1 aliphatic heterocycles. The average Bonchev–Trinajstić information content (AvgIpc) is 3.10. The Hall–Kier alpha value is -3.61. The molecule has 186 valence electrons. The number of hydrogen-bond donors (Lipinski definition) is 4. The van der Waals surface area contributed by atoms with Crippen LogP contribution >= 0.6 is 0 Å². The van der Waals surface area contributed by atoms with Crippen molar-refractivity contribution < 1.29 is 32.8 Å². The number of fused-ring (bicyclic) bond motifs is 1. The molecule has 4 amide bonds. The van der Waals surface area contributed by atoms with Gasteiger partial charge in [0.15, 0.2) is 0 Å². The van der Waals surface area contributed by atoms with Crippen molar-refractivity contribution in [2.45, 2.75) is 25.3 Å². The fourth-order valence-electron chi connectivity index (χ4n) is 3.60. The van der Waals surface area contributed by atoms with Gasteiger partial charge in [-0.25, -0.2) is 18.6 Å². The van der Waals surface area contributed by atoms with Gasteiger partial charge in [0.2, 0.25) is 15.9 Å². The Morgan fingerprint density at radius 3 is 2.14 bits per heavy atom. The fourth-order valence-corrected chi connectivity index (χ4v) is 4.80. The van der Waals surface area contributed by atoms with Crippen molar-refractivity contribution in [1.82, 2.24) is 20.4 Å². The van der Waals surface area contributed by atoms with E-state index in [1.165, 1.54) is 17.6 Å². The van der Waals surface area contributed by atoms with Crippen LogP contribution in [-0.4, -0.2) is 67.0 Å². The predicted molar refractivity (Wildman–Crippen MR) is 125 cm³/mol. The molecule has 3 rings (SSSR count). The molecule has 0 fully saturated rings. The number of hydrogen-bond acceptors (Lipinski definition) is 7. The molecule has 11 nitrogen and oxygen atoms in total. The lowest BCUT2D eigenvalue weighted by Crippen LogP contribution is -2.49. The average molecular weight is 503 g/mol. The number of nitrogens with zero attached hydrogens (tertiary/aromatic N) is 1. The van der Waals surface area contributed by atoms with Gasteiger partial charge >= 0.3 is 0 Å². The number of aryl methyl sites for hydroxylation is 1. The van der Waals surface area contributed by atoms with Crippen LogP contribution < -0.4 is 15.5 Å². The summed E-state index contributed by atoms with van der Waals surface area (Å²) in [6.45, 7) is -0.433. The summed E-state index contributed by atoms with van der Waals surface area (Å²) in [5.74, 6) is -3.11. The zero-order chi connectivity index (χ0) is 25.4. The number of amides is 4. The van der Waals surface area contributed by atoms with Crippen LogP contribution in [0, 0.1) is 0 Å². The molecule has 4 N–H and O–H groups in total. The Morgan fingerprint density at radius 2 is 1.54 bits per heavy atom. The van der Waals surface area contributed by atoms with E-state index in [0.29, 0.717) is 6.42 Å². The van der Waals surface area contributed by atoms with Gasteiger partial charge in [0, 0.05) is 19.5 Å². The highest BCUT2D eigenvalue weighted by molar-refractivity contribution is 7.89. The third-order valence-corrected chi connectivity index (χ3v) is 6.81. The van der Waals surface area contributed by atoms with Crippen LogP contribution in [0.4, 0.5) is 0 Å². The van der Waals surface area contributed by atoms with E-state index in [2.05, 4.69) is 10.0 Å². The van der Waals surface area contributed by atoms with E-state index in [4.69, 9.17) is 5.21 Å². The number of hydroxylamine groups is 1. The largest absolute Gasteiger partial charge is 0.356 e. The lowest BCUT2D eigenvalue weighted by molar-refractivity contribution is -0.131. The summed E-state index contributed by atoms with van der Waals surface area (Å²) in [6.07, 6.45) is 0.611. The molecule has 12 heteroatoms. The Balaban J connectivity index is 1.50. The molecule has 2 aromatic carbocycles. The zero-order valence-corrected chi connectivity index (χ0v) is 19.6. The van der Waals surface area contributed by atoms with E-state index in [0.717, 1.165) is 10.5 Å². The highest BCUT2D eigenvalue weighted by Gasteiger charge is 2.36. The van der Waals surface area contributed by atoms with Crippen molar-refractivity contribution in [2.24, 2.45) is 0 Å². The molecule has 0 radical (unpaired) electrons. The number of carbonyl (C=O) groups is 4. The van der Waals surface area contributed by atoms with Crippen LogP contribution in [0.2, 0.25) is 0 Å². The molecule has 0 unspecified atom stereocenters. The first kappa shape index (κ1) is 26.0. The molecule has 0 spiro atoms. The minimum Gasteiger partial charge on any atom is -0.356 e. The highest BCUT2D eigenvalue weighted by Crippen LogP contribution is 2.22. The summed E-state index contributed by atoms with van der Waals surface area (Å²) in [7, 11) is -4.14. The monoisotopic (exact) mass is 502 g/mol. The third-order valence-electron chi connectivity index (χ3n) is 5.45. The molecule has 0 aromatic heterocycles. The van der Waals surface area contributed by atoms with Crippen molar-refractivity contribution in [3.63, 3.8) is 0 Å². The minimum absolute atomic E-state index is 0.0212. The molecule has 0 saturated heterocycles.